The van der Waals surface area contributed by atoms with E-state index in [0.717, 1.165) is 0 Å². The molecule has 6 nitrogen and oxygen atoms in total. The number of benzene rings is 1. The fourth-order valence-corrected chi connectivity index (χ4v) is 2.01. The first-order valence-electron chi connectivity index (χ1n) is 6.40. The Morgan fingerprint density at radius 2 is 2.20 bits per heavy atom. The average Bonchev–Trinajstić information content (AvgIpc) is 3.19. The first-order chi connectivity index (χ1) is 9.56. The molecule has 2 rings (SSSR count). The summed E-state index contributed by atoms with van der Waals surface area (Å²) < 4.78 is 10.3. The number of methoxy groups -OCH3 is 1. The zero-order valence-corrected chi connectivity index (χ0v) is 11.4. The van der Waals surface area contributed by atoms with Gasteiger partial charge in [0, 0.05) is 6.61 Å². The van der Waals surface area contributed by atoms with E-state index in [-0.39, 0.29) is 29.2 Å². The van der Waals surface area contributed by atoms with Crippen molar-refractivity contribution in [3.05, 3.63) is 23.8 Å². The Bertz CT molecular complexity index is 528. The molecule has 0 heterocycles. The summed E-state index contributed by atoms with van der Waals surface area (Å²) in [6.07, 6.45) is 0.629. The van der Waals surface area contributed by atoms with Gasteiger partial charge in [0.15, 0.2) is 0 Å². The van der Waals surface area contributed by atoms with Crippen LogP contribution in [0.2, 0.25) is 0 Å². The van der Waals surface area contributed by atoms with Crippen LogP contribution in [0.1, 0.15) is 23.7 Å². The molecule has 1 aliphatic rings. The maximum absolute atomic E-state index is 12.0. The van der Waals surface area contributed by atoms with Gasteiger partial charge in [-0.25, -0.2) is 4.79 Å². The van der Waals surface area contributed by atoms with Crippen molar-refractivity contribution in [3.63, 3.8) is 0 Å². The number of amides is 1. The summed E-state index contributed by atoms with van der Waals surface area (Å²) in [5, 5.41) is 11.8. The van der Waals surface area contributed by atoms with Crippen LogP contribution >= 0.6 is 0 Å². The third-order valence-corrected chi connectivity index (χ3v) is 3.16. The topological polar surface area (TPSA) is 84.9 Å². The number of carbonyl (C=O) groups is 2. The van der Waals surface area contributed by atoms with Crippen molar-refractivity contribution in [2.24, 2.45) is 5.92 Å². The maximum Gasteiger partial charge on any atom is 0.337 e. The molecule has 2 N–H and O–H groups in total. The summed E-state index contributed by atoms with van der Waals surface area (Å²) in [6.45, 7) is 2.44. The summed E-state index contributed by atoms with van der Waals surface area (Å²) in [7, 11) is 1.45. The SMILES string of the molecule is CCOC1CC1C(=O)Nc1ccc(OC)cc1C(=O)O. The van der Waals surface area contributed by atoms with Gasteiger partial charge in [-0.2, -0.15) is 0 Å². The molecule has 1 aromatic rings. The molecule has 0 spiro atoms. The molecular weight excluding hydrogens is 262 g/mol. The number of hydrogen-bond donors (Lipinski definition) is 2. The second-order valence-corrected chi connectivity index (χ2v) is 4.54. The molecule has 1 fully saturated rings. The lowest BCUT2D eigenvalue weighted by atomic mass is 10.1. The van der Waals surface area contributed by atoms with Crippen molar-refractivity contribution < 1.29 is 24.2 Å². The van der Waals surface area contributed by atoms with Gasteiger partial charge in [0.25, 0.3) is 0 Å². The van der Waals surface area contributed by atoms with E-state index >= 15 is 0 Å². The quantitative estimate of drug-likeness (QED) is 0.828. The lowest BCUT2D eigenvalue weighted by molar-refractivity contribution is -0.118. The van der Waals surface area contributed by atoms with Crippen molar-refractivity contribution in [1.82, 2.24) is 0 Å². The molecular formula is C14H17NO5. The number of carbonyl (C=O) groups excluding carboxylic acids is 1. The first kappa shape index (κ1) is 14.3. The predicted octanol–water partition coefficient (Wildman–Crippen LogP) is 1.76. The van der Waals surface area contributed by atoms with Gasteiger partial charge >= 0.3 is 5.97 Å². The molecule has 0 bridgehead atoms. The highest BCUT2D eigenvalue weighted by atomic mass is 16.5. The summed E-state index contributed by atoms with van der Waals surface area (Å²) in [5.74, 6) is -1.09. The van der Waals surface area contributed by atoms with Crippen LogP contribution in [0.5, 0.6) is 5.75 Å². The number of rotatable bonds is 6. The molecule has 1 saturated carbocycles. The minimum atomic E-state index is -1.11. The highest BCUT2D eigenvalue weighted by Gasteiger charge is 2.44. The Morgan fingerprint density at radius 3 is 2.80 bits per heavy atom. The third-order valence-electron chi connectivity index (χ3n) is 3.16. The highest BCUT2D eigenvalue weighted by molar-refractivity contribution is 6.02. The van der Waals surface area contributed by atoms with E-state index in [4.69, 9.17) is 14.6 Å². The molecule has 2 unspecified atom stereocenters. The Morgan fingerprint density at radius 1 is 1.45 bits per heavy atom. The molecule has 108 valence electrons. The average molecular weight is 279 g/mol. The van der Waals surface area contributed by atoms with Crippen LogP contribution < -0.4 is 10.1 Å². The smallest absolute Gasteiger partial charge is 0.337 e. The van der Waals surface area contributed by atoms with Gasteiger partial charge in [-0.15, -0.1) is 0 Å². The monoisotopic (exact) mass is 279 g/mol. The lowest BCUT2D eigenvalue weighted by Crippen LogP contribution is -2.18. The molecule has 1 aromatic carbocycles. The van der Waals surface area contributed by atoms with Gasteiger partial charge in [0.2, 0.25) is 5.91 Å². The number of aromatic carboxylic acids is 1. The van der Waals surface area contributed by atoms with Crippen molar-refractivity contribution >= 4 is 17.6 Å². The summed E-state index contributed by atoms with van der Waals surface area (Å²) in [4.78, 5) is 23.2. The standard InChI is InChI=1S/C14H17NO5/c1-3-20-12-7-10(12)13(16)15-11-5-4-8(19-2)6-9(11)14(17)18/h4-6,10,12H,3,7H2,1-2H3,(H,15,16)(H,17,18). The van der Waals surface area contributed by atoms with Crippen LogP contribution in [0.3, 0.4) is 0 Å². The maximum atomic E-state index is 12.0. The van der Waals surface area contributed by atoms with Crippen molar-refractivity contribution in [3.8, 4) is 5.75 Å². The largest absolute Gasteiger partial charge is 0.497 e. The Kier molecular flexibility index (Phi) is 4.24. The second kappa shape index (κ2) is 5.92. The number of carboxylic acids is 1. The highest BCUT2D eigenvalue weighted by Crippen LogP contribution is 2.35. The fraction of sp³-hybridized carbons (Fsp3) is 0.429. The van der Waals surface area contributed by atoms with Gasteiger partial charge in [0.1, 0.15) is 5.75 Å². The number of anilines is 1. The fourth-order valence-electron chi connectivity index (χ4n) is 2.01. The molecule has 1 aliphatic carbocycles. The van der Waals surface area contributed by atoms with E-state index < -0.39 is 5.97 Å². The number of carboxylic acid groups (broad SMARTS) is 1. The zero-order valence-electron chi connectivity index (χ0n) is 11.4. The molecule has 6 heteroatoms. The second-order valence-electron chi connectivity index (χ2n) is 4.54. The van der Waals surface area contributed by atoms with E-state index in [2.05, 4.69) is 5.32 Å². The van der Waals surface area contributed by atoms with Crippen molar-refractivity contribution in [2.45, 2.75) is 19.4 Å². The van der Waals surface area contributed by atoms with Crippen LogP contribution in [-0.2, 0) is 9.53 Å². The Balaban J connectivity index is 2.09. The zero-order chi connectivity index (χ0) is 14.7. The van der Waals surface area contributed by atoms with Crippen LogP contribution in [0.15, 0.2) is 18.2 Å². The molecule has 0 radical (unpaired) electrons. The molecule has 1 amide bonds. The predicted molar refractivity (Wildman–Crippen MR) is 72.1 cm³/mol. The van der Waals surface area contributed by atoms with Gasteiger partial charge in [-0.1, -0.05) is 0 Å². The number of ether oxygens (including phenoxy) is 2. The lowest BCUT2D eigenvalue weighted by Gasteiger charge is -2.10. The normalized spacial score (nSPS) is 20.3. The summed E-state index contributed by atoms with van der Waals surface area (Å²) in [5.41, 5.74) is 0.275. The summed E-state index contributed by atoms with van der Waals surface area (Å²) >= 11 is 0. The van der Waals surface area contributed by atoms with E-state index in [1.807, 2.05) is 6.92 Å². The van der Waals surface area contributed by atoms with E-state index in [1.54, 1.807) is 6.07 Å². The van der Waals surface area contributed by atoms with Crippen LogP contribution in [0.25, 0.3) is 0 Å². The number of hydrogen-bond acceptors (Lipinski definition) is 4. The molecule has 0 aliphatic heterocycles. The van der Waals surface area contributed by atoms with E-state index in [1.165, 1.54) is 19.2 Å². The van der Waals surface area contributed by atoms with Gasteiger partial charge in [-0.05, 0) is 31.5 Å². The van der Waals surface area contributed by atoms with Gasteiger partial charge < -0.3 is 19.9 Å². The first-order valence-corrected chi connectivity index (χ1v) is 6.40. The van der Waals surface area contributed by atoms with Crippen LogP contribution in [-0.4, -0.2) is 36.8 Å². The van der Waals surface area contributed by atoms with Crippen LogP contribution in [0, 0.1) is 5.92 Å². The molecule has 0 aromatic heterocycles. The van der Waals surface area contributed by atoms with Gasteiger partial charge in [-0.3, -0.25) is 4.79 Å². The Hall–Kier alpha value is -2.08. The molecule has 2 atom stereocenters. The van der Waals surface area contributed by atoms with Crippen LogP contribution in [0.4, 0.5) is 5.69 Å². The summed E-state index contributed by atoms with van der Waals surface area (Å²) in [6, 6.07) is 4.51. The van der Waals surface area contributed by atoms with Gasteiger partial charge in [0.05, 0.1) is 30.4 Å². The minimum Gasteiger partial charge on any atom is -0.497 e. The van der Waals surface area contributed by atoms with Crippen molar-refractivity contribution in [1.29, 1.82) is 0 Å². The Labute approximate surface area is 116 Å². The van der Waals surface area contributed by atoms with E-state index in [0.29, 0.717) is 18.8 Å². The molecule has 0 saturated heterocycles. The minimum absolute atomic E-state index is 0.00584. The third kappa shape index (κ3) is 3.08. The number of nitrogens with one attached hydrogen (secondary N) is 1. The van der Waals surface area contributed by atoms with E-state index in [9.17, 15) is 9.59 Å². The van der Waals surface area contributed by atoms with Crippen molar-refractivity contribution in [2.75, 3.05) is 19.0 Å². The molecule has 20 heavy (non-hydrogen) atoms.